The van der Waals surface area contributed by atoms with Crippen LogP contribution in [0.2, 0.25) is 0 Å². The van der Waals surface area contributed by atoms with E-state index < -0.39 is 26.0 Å². The summed E-state index contributed by atoms with van der Waals surface area (Å²) in [6.45, 7) is 2.53. The lowest BCUT2D eigenvalue weighted by atomic mass is 9.56. The third-order valence-electron chi connectivity index (χ3n) is 7.16. The second-order valence-electron chi connectivity index (χ2n) is 9.72. The van der Waals surface area contributed by atoms with Crippen LogP contribution in [0, 0.1) is 21.9 Å². The summed E-state index contributed by atoms with van der Waals surface area (Å²) in [5.41, 5.74) is -4.94. The Bertz CT molecular complexity index is 1190. The van der Waals surface area contributed by atoms with E-state index in [4.69, 9.17) is 4.78 Å². The van der Waals surface area contributed by atoms with Crippen LogP contribution in [-0.2, 0) is 16.1 Å². The number of urea groups is 1. The number of halogens is 4. The van der Waals surface area contributed by atoms with Crippen LogP contribution >= 0.6 is 0 Å². The first-order chi connectivity index (χ1) is 16.0. The number of aromatic amines is 1. The Morgan fingerprint density at radius 3 is 2.62 bits per heavy atom. The Kier molecular flexibility index (Phi) is 5.37. The summed E-state index contributed by atoms with van der Waals surface area (Å²) < 4.78 is 71.9. The predicted molar refractivity (Wildman–Crippen MR) is 113 cm³/mol. The SMILES string of the molecule is N=S(=O)(c1cc(F)cc(CC2CC3(C2)CN(C(=O)N2CCC(c4ncn[nH]4)C2)C3)c1)C(F)(F)F. The first-order valence-corrected chi connectivity index (χ1v) is 12.6. The fraction of sp³-hybridized carbons (Fsp3) is 0.571. The van der Waals surface area contributed by atoms with E-state index in [2.05, 4.69) is 15.2 Å². The summed E-state index contributed by atoms with van der Waals surface area (Å²) in [5, 5.41) is 6.72. The number of benzene rings is 1. The van der Waals surface area contributed by atoms with Gasteiger partial charge in [-0.25, -0.2) is 23.2 Å². The highest BCUT2D eigenvalue weighted by Crippen LogP contribution is 2.53. The number of hydrogen-bond acceptors (Lipinski definition) is 5. The van der Waals surface area contributed by atoms with Crippen molar-refractivity contribution in [2.75, 3.05) is 26.2 Å². The average Bonchev–Trinajstić information content (AvgIpc) is 3.38. The van der Waals surface area contributed by atoms with Crippen LogP contribution in [0.1, 0.15) is 36.6 Å². The van der Waals surface area contributed by atoms with Gasteiger partial charge in [0.1, 0.15) is 18.0 Å². The molecule has 2 N–H and O–H groups in total. The molecule has 3 aliphatic rings. The average molecular weight is 501 g/mol. The highest BCUT2D eigenvalue weighted by molar-refractivity contribution is 7.93. The number of nitrogens with one attached hydrogen (secondary N) is 2. The molecule has 1 aliphatic carbocycles. The molecular formula is C21H24F4N6O2S. The number of H-pyrrole nitrogens is 1. The quantitative estimate of drug-likeness (QED) is 0.624. The number of alkyl halides is 3. The van der Waals surface area contributed by atoms with Gasteiger partial charge in [-0.3, -0.25) is 5.10 Å². The van der Waals surface area contributed by atoms with Gasteiger partial charge in [-0.2, -0.15) is 18.3 Å². The first kappa shape index (κ1) is 23.1. The van der Waals surface area contributed by atoms with E-state index in [0.717, 1.165) is 37.2 Å². The minimum absolute atomic E-state index is 0.00298. The number of hydrogen-bond donors (Lipinski definition) is 2. The maximum atomic E-state index is 13.9. The molecule has 2 unspecified atom stereocenters. The van der Waals surface area contributed by atoms with Gasteiger partial charge in [0.05, 0.1) is 4.90 Å². The van der Waals surface area contributed by atoms with E-state index in [-0.39, 0.29) is 23.3 Å². The zero-order chi connectivity index (χ0) is 24.3. The predicted octanol–water partition coefficient (Wildman–Crippen LogP) is 3.73. The van der Waals surface area contributed by atoms with Gasteiger partial charge in [0, 0.05) is 37.5 Å². The normalized spacial score (nSPS) is 24.1. The molecule has 13 heteroatoms. The molecular weight excluding hydrogens is 476 g/mol. The Morgan fingerprint density at radius 2 is 1.97 bits per heavy atom. The summed E-state index contributed by atoms with van der Waals surface area (Å²) in [5.74, 6) is 0.151. The molecule has 1 aromatic carbocycles. The molecule has 2 aromatic rings. The minimum atomic E-state index is -5.26. The third kappa shape index (κ3) is 4.03. The van der Waals surface area contributed by atoms with Gasteiger partial charge in [-0.05, 0) is 55.4 Å². The molecule has 2 saturated heterocycles. The van der Waals surface area contributed by atoms with Gasteiger partial charge in [0.25, 0.3) is 0 Å². The number of aromatic nitrogens is 3. The van der Waals surface area contributed by atoms with Crippen molar-refractivity contribution in [3.63, 3.8) is 0 Å². The Balaban J connectivity index is 1.14. The van der Waals surface area contributed by atoms with Crippen LogP contribution in [-0.4, -0.2) is 66.9 Å². The molecule has 3 heterocycles. The smallest absolute Gasteiger partial charge is 0.324 e. The molecule has 2 amide bonds. The summed E-state index contributed by atoms with van der Waals surface area (Å²) in [6.07, 6.45) is 4.21. The molecule has 0 radical (unpaired) electrons. The molecule has 2 atom stereocenters. The Labute approximate surface area is 193 Å². The van der Waals surface area contributed by atoms with Crippen molar-refractivity contribution < 1.29 is 26.6 Å². The molecule has 1 spiro atoms. The van der Waals surface area contributed by atoms with Crippen LogP contribution in [0.25, 0.3) is 0 Å². The monoisotopic (exact) mass is 500 g/mol. The van der Waals surface area contributed by atoms with Crippen LogP contribution in [0.15, 0.2) is 29.4 Å². The lowest BCUT2D eigenvalue weighted by Gasteiger charge is -2.59. The van der Waals surface area contributed by atoms with Crippen LogP contribution < -0.4 is 0 Å². The first-order valence-electron chi connectivity index (χ1n) is 11.0. The number of rotatable bonds is 4. The van der Waals surface area contributed by atoms with Crippen molar-refractivity contribution in [2.45, 2.75) is 42.0 Å². The summed E-state index contributed by atoms with van der Waals surface area (Å²) in [4.78, 5) is 19.8. The summed E-state index contributed by atoms with van der Waals surface area (Å²) in [7, 11) is -5.10. The summed E-state index contributed by atoms with van der Waals surface area (Å²) in [6, 6.07) is 2.69. The van der Waals surface area contributed by atoms with E-state index >= 15 is 0 Å². The van der Waals surface area contributed by atoms with Gasteiger partial charge in [-0.15, -0.1) is 0 Å². The molecule has 34 heavy (non-hydrogen) atoms. The summed E-state index contributed by atoms with van der Waals surface area (Å²) >= 11 is 0. The highest BCUT2D eigenvalue weighted by atomic mass is 32.2. The molecule has 0 bridgehead atoms. The maximum absolute atomic E-state index is 13.9. The standard InChI is InChI=1S/C21H24F4N6O2S/c22-16-4-13(5-17(6-16)34(26,33)21(23,24)25)3-14-7-20(8-14)10-31(11-20)19(32)30-2-1-15(9-30)18-27-12-28-29-18/h4-6,12,14-15,26H,1-3,7-11H2,(H,27,28,29). The van der Waals surface area contributed by atoms with E-state index in [0.29, 0.717) is 44.2 Å². The lowest BCUT2D eigenvalue weighted by molar-refractivity contribution is -0.0754. The zero-order valence-corrected chi connectivity index (χ0v) is 19.0. The van der Waals surface area contributed by atoms with E-state index in [1.165, 1.54) is 6.33 Å². The van der Waals surface area contributed by atoms with Gasteiger partial charge < -0.3 is 9.80 Å². The second-order valence-corrected chi connectivity index (χ2v) is 11.8. The number of carbonyl (C=O) groups excluding carboxylic acids is 1. The maximum Gasteiger partial charge on any atom is 0.483 e. The number of nitrogens with zero attached hydrogens (tertiary/aromatic N) is 4. The van der Waals surface area contributed by atoms with Crippen LogP contribution in [0.3, 0.4) is 0 Å². The molecule has 8 nitrogen and oxygen atoms in total. The number of amides is 2. The van der Waals surface area contributed by atoms with Gasteiger partial charge in [-0.1, -0.05) is 0 Å². The third-order valence-corrected chi connectivity index (χ3v) is 8.71. The Hall–Kier alpha value is -2.70. The number of likely N-dealkylation sites (tertiary alicyclic amines) is 2. The topological polar surface area (TPSA) is 106 Å². The highest BCUT2D eigenvalue weighted by Gasteiger charge is 2.54. The van der Waals surface area contributed by atoms with Gasteiger partial charge in [0.2, 0.25) is 0 Å². The van der Waals surface area contributed by atoms with E-state index in [1.54, 1.807) is 0 Å². The molecule has 184 valence electrons. The second kappa shape index (κ2) is 7.92. The van der Waals surface area contributed by atoms with Crippen LogP contribution in [0.5, 0.6) is 0 Å². The largest absolute Gasteiger partial charge is 0.483 e. The lowest BCUT2D eigenvalue weighted by Crippen LogP contribution is -2.65. The van der Waals surface area contributed by atoms with Crippen molar-refractivity contribution in [3.8, 4) is 0 Å². The van der Waals surface area contributed by atoms with Gasteiger partial charge in [0.15, 0.2) is 9.73 Å². The molecule has 3 fully saturated rings. The number of carbonyl (C=O) groups is 1. The molecule has 1 saturated carbocycles. The Morgan fingerprint density at radius 1 is 1.24 bits per heavy atom. The van der Waals surface area contributed by atoms with Crippen LogP contribution in [0.4, 0.5) is 22.4 Å². The fourth-order valence-electron chi connectivity index (χ4n) is 5.61. The van der Waals surface area contributed by atoms with Crippen molar-refractivity contribution in [2.24, 2.45) is 11.3 Å². The van der Waals surface area contributed by atoms with Crippen molar-refractivity contribution in [3.05, 3.63) is 41.7 Å². The molecule has 1 aromatic heterocycles. The van der Waals surface area contributed by atoms with E-state index in [1.807, 2.05) is 9.80 Å². The van der Waals surface area contributed by atoms with Crippen molar-refractivity contribution in [1.82, 2.24) is 25.0 Å². The van der Waals surface area contributed by atoms with Crippen molar-refractivity contribution >= 4 is 15.8 Å². The van der Waals surface area contributed by atoms with Gasteiger partial charge >= 0.3 is 11.5 Å². The van der Waals surface area contributed by atoms with Crippen molar-refractivity contribution in [1.29, 1.82) is 4.78 Å². The van der Waals surface area contributed by atoms with E-state index in [9.17, 15) is 26.6 Å². The zero-order valence-electron chi connectivity index (χ0n) is 18.1. The molecule has 5 rings (SSSR count). The molecule has 2 aliphatic heterocycles. The fourth-order valence-corrected chi connectivity index (χ4v) is 6.47. The minimum Gasteiger partial charge on any atom is -0.324 e.